The van der Waals surface area contributed by atoms with Crippen molar-refractivity contribution in [1.29, 1.82) is 0 Å². The van der Waals surface area contributed by atoms with E-state index in [0.717, 1.165) is 18.4 Å². The van der Waals surface area contributed by atoms with Crippen LogP contribution in [0.15, 0.2) is 95.0 Å². The molecule has 0 saturated carbocycles. The molecule has 1 N–H and O–H groups in total. The van der Waals surface area contributed by atoms with Gasteiger partial charge in [-0.3, -0.25) is 9.36 Å². The van der Waals surface area contributed by atoms with E-state index >= 15 is 0 Å². The number of hydrogen-bond acceptors (Lipinski definition) is 6. The Morgan fingerprint density at radius 2 is 1.57 bits per heavy atom. The van der Waals surface area contributed by atoms with E-state index in [2.05, 4.69) is 27.6 Å². The third kappa shape index (κ3) is 7.59. The minimum atomic E-state index is -3.63. The smallest absolute Gasteiger partial charge is 0.243 e. The number of amides is 1. The minimum absolute atomic E-state index is 0.0683. The van der Waals surface area contributed by atoms with Gasteiger partial charge in [0.15, 0.2) is 11.0 Å². The predicted molar refractivity (Wildman–Crippen MR) is 160 cm³/mol. The average Bonchev–Trinajstić information content (AvgIpc) is 3.38. The second-order valence-corrected chi connectivity index (χ2v) is 12.1. The summed E-state index contributed by atoms with van der Waals surface area (Å²) in [6, 6.07) is 26.9. The number of nitrogens with one attached hydrogen (secondary N) is 1. The van der Waals surface area contributed by atoms with Crippen LogP contribution < -0.4 is 5.32 Å². The van der Waals surface area contributed by atoms with Gasteiger partial charge in [-0.25, -0.2) is 8.42 Å². The fourth-order valence-corrected chi connectivity index (χ4v) is 6.64. The van der Waals surface area contributed by atoms with Crippen molar-refractivity contribution in [2.24, 2.45) is 0 Å². The Labute approximate surface area is 240 Å². The van der Waals surface area contributed by atoms with Crippen molar-refractivity contribution in [3.05, 3.63) is 96.1 Å². The number of aromatic nitrogens is 3. The zero-order valence-electron chi connectivity index (χ0n) is 22.9. The third-order valence-corrected chi connectivity index (χ3v) is 9.49. The first-order chi connectivity index (χ1) is 19.4. The van der Waals surface area contributed by atoms with E-state index in [4.69, 9.17) is 0 Å². The molecule has 0 aliphatic rings. The summed E-state index contributed by atoms with van der Waals surface area (Å²) < 4.78 is 29.7. The van der Waals surface area contributed by atoms with Crippen molar-refractivity contribution in [1.82, 2.24) is 24.4 Å². The van der Waals surface area contributed by atoms with Gasteiger partial charge in [-0.15, -0.1) is 10.2 Å². The van der Waals surface area contributed by atoms with Crippen molar-refractivity contribution >= 4 is 27.7 Å². The van der Waals surface area contributed by atoms with Gasteiger partial charge in [-0.1, -0.05) is 98.4 Å². The minimum Gasteiger partial charge on any atom is -0.355 e. The van der Waals surface area contributed by atoms with Gasteiger partial charge in [0.1, 0.15) is 0 Å². The summed E-state index contributed by atoms with van der Waals surface area (Å²) in [6.07, 6.45) is 1.77. The Morgan fingerprint density at radius 1 is 0.900 bits per heavy atom. The Kier molecular flexibility index (Phi) is 10.5. The third-order valence-electron chi connectivity index (χ3n) is 6.48. The van der Waals surface area contributed by atoms with E-state index in [1.807, 2.05) is 73.0 Å². The van der Waals surface area contributed by atoms with E-state index in [0.29, 0.717) is 42.7 Å². The maximum absolute atomic E-state index is 13.2. The van der Waals surface area contributed by atoms with Crippen LogP contribution in [0.2, 0.25) is 0 Å². The van der Waals surface area contributed by atoms with Crippen LogP contribution >= 0.6 is 11.8 Å². The number of benzene rings is 3. The van der Waals surface area contributed by atoms with Crippen LogP contribution in [0.3, 0.4) is 0 Å². The molecule has 210 valence electrons. The molecule has 0 spiro atoms. The lowest BCUT2D eigenvalue weighted by Gasteiger charge is -2.19. The first-order valence-corrected chi connectivity index (χ1v) is 15.9. The maximum atomic E-state index is 13.2. The van der Waals surface area contributed by atoms with Gasteiger partial charge in [0.25, 0.3) is 0 Å². The van der Waals surface area contributed by atoms with E-state index < -0.39 is 10.0 Å². The highest BCUT2D eigenvalue weighted by atomic mass is 32.2. The van der Waals surface area contributed by atoms with Gasteiger partial charge < -0.3 is 5.32 Å². The lowest BCUT2D eigenvalue weighted by molar-refractivity contribution is -0.118. The lowest BCUT2D eigenvalue weighted by Crippen LogP contribution is -2.30. The van der Waals surface area contributed by atoms with E-state index in [1.165, 1.54) is 21.6 Å². The fraction of sp³-hybridized carbons (Fsp3) is 0.300. The van der Waals surface area contributed by atoms with Gasteiger partial charge in [-0.05, 0) is 36.1 Å². The standard InChI is InChI=1S/C30H35N5O3S2/c1-3-34(4-2)40(37,38)27-19-11-18-26(21-27)29-32-33-30(35(29)22-25-15-9-6-10-16-25)39-23-28(36)31-20-12-17-24-13-7-5-8-14-24/h5-11,13-16,18-19,21H,3-4,12,17,20,22-23H2,1-2H3,(H,31,36). The molecule has 0 saturated heterocycles. The molecule has 0 aliphatic heterocycles. The van der Waals surface area contributed by atoms with Crippen LogP contribution in [-0.2, 0) is 27.8 Å². The highest BCUT2D eigenvalue weighted by Gasteiger charge is 2.23. The van der Waals surface area contributed by atoms with E-state index in [9.17, 15) is 13.2 Å². The maximum Gasteiger partial charge on any atom is 0.243 e. The number of nitrogens with zero attached hydrogens (tertiary/aromatic N) is 4. The molecule has 0 bridgehead atoms. The molecule has 4 aromatic rings. The average molecular weight is 578 g/mol. The molecule has 0 unspecified atom stereocenters. The molecule has 40 heavy (non-hydrogen) atoms. The SMILES string of the molecule is CCN(CC)S(=O)(=O)c1cccc(-c2nnc(SCC(=O)NCCCc3ccccc3)n2Cc2ccccc2)c1. The second kappa shape index (κ2) is 14.2. The molecule has 8 nitrogen and oxygen atoms in total. The first-order valence-electron chi connectivity index (χ1n) is 13.4. The van der Waals surface area contributed by atoms with Crippen LogP contribution in [0, 0.1) is 0 Å². The molecule has 4 rings (SSSR count). The van der Waals surface area contributed by atoms with E-state index in [1.54, 1.807) is 18.2 Å². The number of rotatable bonds is 14. The molecule has 0 atom stereocenters. The van der Waals surface area contributed by atoms with Crippen LogP contribution in [0.1, 0.15) is 31.4 Å². The van der Waals surface area contributed by atoms with Gasteiger partial charge in [0.05, 0.1) is 17.2 Å². The Balaban J connectivity index is 1.50. The van der Waals surface area contributed by atoms with Crippen molar-refractivity contribution in [2.45, 2.75) is 43.3 Å². The van der Waals surface area contributed by atoms with Crippen LogP contribution in [0.5, 0.6) is 0 Å². The number of aryl methyl sites for hydroxylation is 1. The summed E-state index contributed by atoms with van der Waals surface area (Å²) in [5.41, 5.74) is 2.94. The Bertz CT molecular complexity index is 1490. The normalized spacial score (nSPS) is 11.6. The number of thioether (sulfide) groups is 1. The molecule has 0 aliphatic carbocycles. The van der Waals surface area contributed by atoms with Gasteiger partial charge in [0.2, 0.25) is 15.9 Å². The van der Waals surface area contributed by atoms with Crippen molar-refractivity contribution in [3.8, 4) is 11.4 Å². The zero-order chi connectivity index (χ0) is 28.4. The Hall–Kier alpha value is -3.47. The molecule has 10 heteroatoms. The monoisotopic (exact) mass is 577 g/mol. The second-order valence-electron chi connectivity index (χ2n) is 9.22. The van der Waals surface area contributed by atoms with Crippen LogP contribution in [0.4, 0.5) is 0 Å². The number of hydrogen-bond donors (Lipinski definition) is 1. The highest BCUT2D eigenvalue weighted by Crippen LogP contribution is 2.28. The summed E-state index contributed by atoms with van der Waals surface area (Å²) in [5, 5.41) is 12.4. The number of carbonyl (C=O) groups is 1. The topological polar surface area (TPSA) is 97.2 Å². The lowest BCUT2D eigenvalue weighted by atomic mass is 10.1. The quantitative estimate of drug-likeness (QED) is 0.170. The van der Waals surface area contributed by atoms with Crippen LogP contribution in [-0.4, -0.2) is 58.8 Å². The first kappa shape index (κ1) is 29.5. The van der Waals surface area contributed by atoms with Crippen molar-refractivity contribution in [3.63, 3.8) is 0 Å². The molecule has 1 amide bonds. The Morgan fingerprint density at radius 3 is 2.25 bits per heavy atom. The molecule has 1 heterocycles. The molecule has 3 aromatic carbocycles. The summed E-state index contributed by atoms with van der Waals surface area (Å²) >= 11 is 1.32. The van der Waals surface area contributed by atoms with Crippen molar-refractivity contribution in [2.75, 3.05) is 25.4 Å². The number of sulfonamides is 1. The number of carbonyl (C=O) groups excluding carboxylic acids is 1. The molecule has 1 aromatic heterocycles. The molecule has 0 radical (unpaired) electrons. The highest BCUT2D eigenvalue weighted by molar-refractivity contribution is 7.99. The summed E-state index contributed by atoms with van der Waals surface area (Å²) in [7, 11) is -3.63. The zero-order valence-corrected chi connectivity index (χ0v) is 24.5. The van der Waals surface area contributed by atoms with Gasteiger partial charge in [0, 0.05) is 25.2 Å². The molecular formula is C30H35N5O3S2. The predicted octanol–water partition coefficient (Wildman–Crippen LogP) is 4.87. The summed E-state index contributed by atoms with van der Waals surface area (Å²) in [6.45, 7) is 5.51. The summed E-state index contributed by atoms with van der Waals surface area (Å²) in [5.74, 6) is 0.682. The van der Waals surface area contributed by atoms with E-state index in [-0.39, 0.29) is 16.6 Å². The van der Waals surface area contributed by atoms with Crippen LogP contribution in [0.25, 0.3) is 11.4 Å². The fourth-order valence-electron chi connectivity index (χ4n) is 4.37. The summed E-state index contributed by atoms with van der Waals surface area (Å²) in [4.78, 5) is 12.8. The van der Waals surface area contributed by atoms with Gasteiger partial charge >= 0.3 is 0 Å². The molecular weight excluding hydrogens is 542 g/mol. The van der Waals surface area contributed by atoms with Gasteiger partial charge in [-0.2, -0.15) is 4.31 Å². The molecule has 0 fully saturated rings. The largest absolute Gasteiger partial charge is 0.355 e. The van der Waals surface area contributed by atoms with Crippen molar-refractivity contribution < 1.29 is 13.2 Å².